The van der Waals surface area contributed by atoms with E-state index in [1.807, 2.05) is 38.4 Å². The van der Waals surface area contributed by atoms with Gasteiger partial charge in [0.25, 0.3) is 0 Å². The van der Waals surface area contributed by atoms with E-state index in [1.165, 1.54) is 29.7 Å². The van der Waals surface area contributed by atoms with Gasteiger partial charge in [-0.15, -0.1) is 11.3 Å². The van der Waals surface area contributed by atoms with E-state index < -0.39 is 5.60 Å². The molecule has 1 atom stereocenters. The molecule has 0 aliphatic heterocycles. The average molecular weight is 492 g/mol. The molecule has 2 saturated carbocycles. The van der Waals surface area contributed by atoms with Gasteiger partial charge in [0, 0.05) is 18.3 Å². The number of nitrogens with one attached hydrogen (secondary N) is 1. The van der Waals surface area contributed by atoms with Gasteiger partial charge in [-0.05, 0) is 99.1 Å². The van der Waals surface area contributed by atoms with Crippen LogP contribution in [-0.2, 0) is 10.4 Å². The molecule has 8 heteroatoms. The summed E-state index contributed by atoms with van der Waals surface area (Å²) in [7, 11) is 0. The van der Waals surface area contributed by atoms with Crippen molar-refractivity contribution < 1.29 is 9.90 Å². The van der Waals surface area contributed by atoms with Crippen LogP contribution in [-0.4, -0.2) is 26.0 Å². The number of nitrogens with zero attached hydrogens (tertiary/aromatic N) is 3. The number of primary amides is 1. The summed E-state index contributed by atoms with van der Waals surface area (Å²) in [4.78, 5) is 26.4. The number of anilines is 2. The van der Waals surface area contributed by atoms with Gasteiger partial charge >= 0.3 is 0 Å². The molecule has 0 radical (unpaired) electrons. The van der Waals surface area contributed by atoms with Gasteiger partial charge in [0.1, 0.15) is 22.2 Å². The Morgan fingerprint density at radius 3 is 2.60 bits per heavy atom. The molecule has 3 aromatic rings. The van der Waals surface area contributed by atoms with Crippen molar-refractivity contribution in [2.75, 3.05) is 5.32 Å². The summed E-state index contributed by atoms with van der Waals surface area (Å²) in [6.45, 7) is 4.04. The summed E-state index contributed by atoms with van der Waals surface area (Å²) in [5.74, 6) is 1.96. The molecule has 2 aliphatic rings. The number of hydrogen-bond donors (Lipinski definition) is 3. The van der Waals surface area contributed by atoms with Gasteiger partial charge in [0.15, 0.2) is 0 Å². The van der Waals surface area contributed by atoms with Gasteiger partial charge in [-0.2, -0.15) is 0 Å². The van der Waals surface area contributed by atoms with Crippen LogP contribution in [0.3, 0.4) is 0 Å². The van der Waals surface area contributed by atoms with Crippen molar-refractivity contribution in [2.24, 2.45) is 17.6 Å². The smallest absolute Gasteiger partial charge is 0.220 e. The number of pyridine rings is 2. The van der Waals surface area contributed by atoms with Gasteiger partial charge in [0.2, 0.25) is 5.91 Å². The van der Waals surface area contributed by atoms with Gasteiger partial charge in [-0.25, -0.2) is 15.0 Å². The van der Waals surface area contributed by atoms with Gasteiger partial charge < -0.3 is 16.2 Å². The fourth-order valence-electron chi connectivity index (χ4n) is 5.24. The lowest BCUT2D eigenvalue weighted by Gasteiger charge is -2.38. The van der Waals surface area contributed by atoms with Crippen molar-refractivity contribution in [1.82, 2.24) is 15.0 Å². The number of aryl methyl sites for hydroxylation is 1. The molecule has 0 unspecified atom stereocenters. The predicted molar refractivity (Wildman–Crippen MR) is 138 cm³/mol. The molecule has 0 bridgehead atoms. The number of amides is 1. The first-order valence-corrected chi connectivity index (χ1v) is 13.4. The zero-order chi connectivity index (χ0) is 24.6. The Labute approximate surface area is 210 Å². The molecule has 0 spiro atoms. The second-order valence-corrected chi connectivity index (χ2v) is 11.1. The third-order valence-corrected chi connectivity index (χ3v) is 8.72. The van der Waals surface area contributed by atoms with Crippen molar-refractivity contribution in [3.8, 4) is 10.6 Å². The van der Waals surface area contributed by atoms with Crippen LogP contribution >= 0.6 is 11.3 Å². The molecule has 4 N–H and O–H groups in total. The SMILES string of the molecule is CC[C@@](O)(c1ncc(-c2cc(C)cc(Nc3cc(C4CC4)ccn3)n2)s1)[C@H]1CC[C@H](C(N)=O)CC1. The number of nitrogens with two attached hydrogens (primary N) is 1. The fourth-order valence-corrected chi connectivity index (χ4v) is 6.35. The Morgan fingerprint density at radius 1 is 1.14 bits per heavy atom. The van der Waals surface area contributed by atoms with E-state index in [-0.39, 0.29) is 17.7 Å². The van der Waals surface area contributed by atoms with Crippen molar-refractivity contribution >= 4 is 28.9 Å². The predicted octanol–water partition coefficient (Wildman–Crippen LogP) is 5.42. The van der Waals surface area contributed by atoms with Crippen LogP contribution in [0.1, 0.15) is 73.9 Å². The van der Waals surface area contributed by atoms with Crippen LogP contribution in [0.15, 0.2) is 36.7 Å². The Morgan fingerprint density at radius 2 is 1.91 bits per heavy atom. The number of carbonyl (C=O) groups is 1. The van der Waals surface area contributed by atoms with E-state index >= 15 is 0 Å². The summed E-state index contributed by atoms with van der Waals surface area (Å²) in [5, 5.41) is 15.8. The maximum atomic E-state index is 11.7. The van der Waals surface area contributed by atoms with Gasteiger partial charge in [-0.1, -0.05) is 6.92 Å². The highest BCUT2D eigenvalue weighted by Crippen LogP contribution is 2.45. The van der Waals surface area contributed by atoms with E-state index in [0.717, 1.165) is 53.5 Å². The molecular weight excluding hydrogens is 458 g/mol. The normalized spacial score (nSPS) is 21.9. The Bertz CT molecular complexity index is 1220. The summed E-state index contributed by atoms with van der Waals surface area (Å²) in [6.07, 6.45) is 9.74. The lowest BCUT2D eigenvalue weighted by atomic mass is 9.72. The molecule has 3 aromatic heterocycles. The van der Waals surface area contributed by atoms with Gasteiger partial charge in [0.05, 0.1) is 10.6 Å². The van der Waals surface area contributed by atoms with Crippen molar-refractivity contribution in [3.63, 3.8) is 0 Å². The van der Waals surface area contributed by atoms with Gasteiger partial charge in [-0.3, -0.25) is 4.79 Å². The summed E-state index contributed by atoms with van der Waals surface area (Å²) in [6, 6.07) is 8.25. The summed E-state index contributed by atoms with van der Waals surface area (Å²) in [5.41, 5.74) is 7.73. The highest BCUT2D eigenvalue weighted by molar-refractivity contribution is 7.15. The molecule has 3 heterocycles. The topological polar surface area (TPSA) is 114 Å². The first-order valence-electron chi connectivity index (χ1n) is 12.6. The van der Waals surface area contributed by atoms with Crippen LogP contribution in [0.2, 0.25) is 0 Å². The monoisotopic (exact) mass is 491 g/mol. The molecule has 1 amide bonds. The standard InChI is InChI=1S/C27H33N5O2S/c1-3-27(34,20-8-6-18(7-9-20)25(28)33)26-30-15-22(35-26)21-12-16(2)13-24(31-21)32-23-14-19(10-11-29-23)17-4-5-17/h10-15,17-18,20,34H,3-9H2,1-2H3,(H2,28,33)(H,29,31,32)/t18-,20-,27-/m0/s1. The minimum atomic E-state index is -1.01. The third-order valence-electron chi connectivity index (χ3n) is 7.53. The van der Waals surface area contributed by atoms with E-state index in [0.29, 0.717) is 17.3 Å². The second-order valence-electron chi connectivity index (χ2n) is 10.0. The number of rotatable bonds is 8. The maximum absolute atomic E-state index is 11.7. The molecule has 7 nitrogen and oxygen atoms in total. The zero-order valence-electron chi connectivity index (χ0n) is 20.3. The number of aliphatic hydroxyl groups is 1. The largest absolute Gasteiger partial charge is 0.382 e. The molecule has 5 rings (SSSR count). The molecule has 184 valence electrons. The first kappa shape index (κ1) is 23.9. The molecule has 2 aliphatic carbocycles. The Kier molecular flexibility index (Phi) is 6.59. The highest BCUT2D eigenvalue weighted by atomic mass is 32.1. The van der Waals surface area contributed by atoms with E-state index in [9.17, 15) is 9.90 Å². The van der Waals surface area contributed by atoms with E-state index in [4.69, 9.17) is 10.7 Å². The van der Waals surface area contributed by atoms with E-state index in [1.54, 1.807) is 0 Å². The number of carbonyl (C=O) groups excluding carboxylic acids is 1. The van der Waals surface area contributed by atoms with Crippen molar-refractivity contribution in [2.45, 2.75) is 70.3 Å². The first-order chi connectivity index (χ1) is 16.9. The lowest BCUT2D eigenvalue weighted by Crippen LogP contribution is -2.38. The Hall–Kier alpha value is -2.84. The minimum Gasteiger partial charge on any atom is -0.382 e. The number of hydrogen-bond acceptors (Lipinski definition) is 7. The highest BCUT2D eigenvalue weighted by Gasteiger charge is 2.42. The second kappa shape index (κ2) is 9.66. The fraction of sp³-hybridized carbons (Fsp3) is 0.481. The van der Waals surface area contributed by atoms with E-state index in [2.05, 4.69) is 27.4 Å². The average Bonchev–Trinajstić information content (AvgIpc) is 3.59. The molecule has 0 aromatic carbocycles. The molecule has 35 heavy (non-hydrogen) atoms. The van der Waals surface area contributed by atoms with Crippen LogP contribution in [0.5, 0.6) is 0 Å². The molecule has 2 fully saturated rings. The summed E-state index contributed by atoms with van der Waals surface area (Å²) >= 11 is 1.50. The van der Waals surface area contributed by atoms with Crippen LogP contribution in [0.4, 0.5) is 11.6 Å². The lowest BCUT2D eigenvalue weighted by molar-refractivity contribution is -0.124. The third kappa shape index (κ3) is 5.09. The van der Waals surface area contributed by atoms with Crippen LogP contribution in [0, 0.1) is 18.8 Å². The quantitative estimate of drug-likeness (QED) is 0.388. The minimum absolute atomic E-state index is 0.0645. The molecular formula is C27H33N5O2S. The number of aromatic nitrogens is 3. The van der Waals surface area contributed by atoms with Crippen molar-refractivity contribution in [1.29, 1.82) is 0 Å². The molecule has 0 saturated heterocycles. The summed E-state index contributed by atoms with van der Waals surface area (Å²) < 4.78 is 0. The van der Waals surface area contributed by atoms with Crippen LogP contribution < -0.4 is 11.1 Å². The van der Waals surface area contributed by atoms with Crippen LogP contribution in [0.25, 0.3) is 10.6 Å². The zero-order valence-corrected chi connectivity index (χ0v) is 21.1. The van der Waals surface area contributed by atoms with Crippen molar-refractivity contribution in [3.05, 3.63) is 52.8 Å². The maximum Gasteiger partial charge on any atom is 0.220 e. The number of thiazole rings is 1. The Balaban J connectivity index is 1.36.